The minimum absolute atomic E-state index is 0.0222. The summed E-state index contributed by atoms with van der Waals surface area (Å²) in [5, 5.41) is 12.2. The Morgan fingerprint density at radius 1 is 1.10 bits per heavy atom. The first-order valence-corrected chi connectivity index (χ1v) is 11.7. The van der Waals surface area contributed by atoms with Crippen molar-refractivity contribution >= 4 is 33.4 Å². The first-order valence-electron chi connectivity index (χ1n) is 9.52. The number of aliphatic hydroxyl groups is 1. The predicted octanol–water partition coefficient (Wildman–Crippen LogP) is 1.41. The molecule has 0 saturated carbocycles. The van der Waals surface area contributed by atoms with E-state index in [-0.39, 0.29) is 19.7 Å². The van der Waals surface area contributed by atoms with Gasteiger partial charge in [-0.1, -0.05) is 54.1 Å². The van der Waals surface area contributed by atoms with Gasteiger partial charge in [-0.3, -0.25) is 9.59 Å². The van der Waals surface area contributed by atoms with Gasteiger partial charge >= 0.3 is 0 Å². The van der Waals surface area contributed by atoms with Crippen LogP contribution in [0, 0.1) is 0 Å². The number of halogens is 1. The van der Waals surface area contributed by atoms with E-state index in [4.69, 9.17) is 16.7 Å². The van der Waals surface area contributed by atoms with Crippen molar-refractivity contribution in [2.24, 2.45) is 0 Å². The molecule has 0 fully saturated rings. The van der Waals surface area contributed by atoms with E-state index in [2.05, 4.69) is 5.32 Å². The molecule has 2 amide bonds. The Morgan fingerprint density at radius 3 is 2.26 bits per heavy atom. The molecule has 0 aliphatic heterocycles. The third-order valence-corrected chi connectivity index (χ3v) is 6.11. The molecule has 2 aromatic carbocycles. The van der Waals surface area contributed by atoms with Gasteiger partial charge in [0.1, 0.15) is 6.04 Å². The lowest BCUT2D eigenvalue weighted by molar-refractivity contribution is -0.141. The highest BCUT2D eigenvalue weighted by atomic mass is 35.5. The zero-order valence-corrected chi connectivity index (χ0v) is 18.9. The van der Waals surface area contributed by atoms with E-state index < -0.39 is 34.4 Å². The lowest BCUT2D eigenvalue weighted by atomic mass is 10.0. The smallest absolute Gasteiger partial charge is 0.247 e. The number of rotatable bonds is 10. The number of likely N-dealkylation sites (N-methyl/N-ethyl adjacent to an activating group) is 1. The van der Waals surface area contributed by atoms with Crippen LogP contribution in [0.4, 0.5) is 0 Å². The highest BCUT2D eigenvalue weighted by Crippen LogP contribution is 2.25. The van der Waals surface area contributed by atoms with Crippen molar-refractivity contribution in [3.05, 3.63) is 70.7 Å². The van der Waals surface area contributed by atoms with Gasteiger partial charge in [0.25, 0.3) is 0 Å². The third kappa shape index (κ3) is 7.32. The molecule has 0 saturated heterocycles. The Morgan fingerprint density at radius 2 is 1.71 bits per heavy atom. The SMILES string of the molecule is CN(CC(=O)N(Cc1ccc(Cl)cc1)[C@@H](C(=O)NCCO)c1ccccc1)S(C)(=O)=O. The van der Waals surface area contributed by atoms with Gasteiger partial charge in [-0.2, -0.15) is 4.31 Å². The first-order chi connectivity index (χ1) is 14.6. The van der Waals surface area contributed by atoms with Crippen LogP contribution in [0.1, 0.15) is 17.2 Å². The Labute approximate surface area is 187 Å². The molecule has 168 valence electrons. The van der Waals surface area contributed by atoms with Gasteiger partial charge < -0.3 is 15.3 Å². The fraction of sp³-hybridized carbons (Fsp3) is 0.333. The summed E-state index contributed by atoms with van der Waals surface area (Å²) in [6.07, 6.45) is 1.01. The van der Waals surface area contributed by atoms with Crippen molar-refractivity contribution < 1.29 is 23.1 Å². The summed E-state index contributed by atoms with van der Waals surface area (Å²) in [4.78, 5) is 27.6. The number of nitrogens with zero attached hydrogens (tertiary/aromatic N) is 2. The number of sulfonamides is 1. The van der Waals surface area contributed by atoms with Gasteiger partial charge in [0.05, 0.1) is 19.4 Å². The second-order valence-corrected chi connectivity index (χ2v) is 9.52. The number of hydrogen-bond acceptors (Lipinski definition) is 5. The van der Waals surface area contributed by atoms with Crippen molar-refractivity contribution in [2.45, 2.75) is 12.6 Å². The maximum absolute atomic E-state index is 13.2. The second-order valence-electron chi connectivity index (χ2n) is 6.99. The van der Waals surface area contributed by atoms with Gasteiger partial charge in [0.15, 0.2) is 0 Å². The first kappa shape index (κ1) is 24.8. The topological polar surface area (TPSA) is 107 Å². The van der Waals surface area contributed by atoms with Crippen LogP contribution in [-0.2, 0) is 26.2 Å². The van der Waals surface area contributed by atoms with E-state index >= 15 is 0 Å². The molecule has 0 aromatic heterocycles. The van der Waals surface area contributed by atoms with Crippen LogP contribution in [0.3, 0.4) is 0 Å². The molecule has 0 aliphatic rings. The maximum Gasteiger partial charge on any atom is 0.247 e. The standard InChI is InChI=1S/C21H26ClN3O5S/c1-24(31(2,29)30)15-19(27)25(14-16-8-10-18(22)11-9-16)20(21(28)23-12-13-26)17-6-4-3-5-7-17/h3-11,20,26H,12-15H2,1-2H3,(H,23,28)/t20-/m1/s1. The predicted molar refractivity (Wildman–Crippen MR) is 119 cm³/mol. The van der Waals surface area contributed by atoms with E-state index in [1.165, 1.54) is 11.9 Å². The number of aliphatic hydroxyl groups excluding tert-OH is 1. The quantitative estimate of drug-likeness (QED) is 0.549. The molecule has 0 unspecified atom stereocenters. The van der Waals surface area contributed by atoms with Crippen LogP contribution in [0.5, 0.6) is 0 Å². The van der Waals surface area contributed by atoms with Gasteiger partial charge in [-0.05, 0) is 23.3 Å². The number of nitrogens with one attached hydrogen (secondary N) is 1. The average molecular weight is 468 g/mol. The summed E-state index contributed by atoms with van der Waals surface area (Å²) < 4.78 is 24.6. The van der Waals surface area contributed by atoms with Crippen molar-refractivity contribution in [1.29, 1.82) is 0 Å². The number of hydrogen-bond donors (Lipinski definition) is 2. The normalized spacial score (nSPS) is 12.4. The van der Waals surface area contributed by atoms with Crippen LogP contribution in [-0.4, -0.2) is 67.5 Å². The highest BCUT2D eigenvalue weighted by Gasteiger charge is 2.32. The molecule has 2 rings (SSSR count). The lowest BCUT2D eigenvalue weighted by Gasteiger charge is -2.32. The van der Waals surface area contributed by atoms with Crippen molar-refractivity contribution in [1.82, 2.24) is 14.5 Å². The third-order valence-electron chi connectivity index (χ3n) is 4.60. The number of amides is 2. The molecule has 10 heteroatoms. The molecule has 0 radical (unpaired) electrons. The maximum atomic E-state index is 13.2. The summed E-state index contributed by atoms with van der Waals surface area (Å²) >= 11 is 5.95. The molecule has 2 aromatic rings. The molecular formula is C21H26ClN3O5S. The summed E-state index contributed by atoms with van der Waals surface area (Å²) in [6, 6.07) is 14.5. The summed E-state index contributed by atoms with van der Waals surface area (Å²) in [5.41, 5.74) is 1.28. The Kier molecular flexibility index (Phi) is 9.00. The molecular weight excluding hydrogens is 442 g/mol. The molecule has 0 aliphatic carbocycles. The minimum Gasteiger partial charge on any atom is -0.395 e. The van der Waals surface area contributed by atoms with Crippen LogP contribution in [0.2, 0.25) is 5.02 Å². The molecule has 2 N–H and O–H groups in total. The largest absolute Gasteiger partial charge is 0.395 e. The van der Waals surface area contributed by atoms with Crippen LogP contribution in [0.15, 0.2) is 54.6 Å². The zero-order chi connectivity index (χ0) is 23.0. The van der Waals surface area contributed by atoms with Crippen molar-refractivity contribution in [2.75, 3.05) is 33.0 Å². The molecule has 31 heavy (non-hydrogen) atoms. The van der Waals surface area contributed by atoms with E-state index in [0.29, 0.717) is 10.6 Å². The van der Waals surface area contributed by atoms with Gasteiger partial charge in [0, 0.05) is 25.2 Å². The lowest BCUT2D eigenvalue weighted by Crippen LogP contribution is -2.47. The number of carbonyl (C=O) groups is 2. The highest BCUT2D eigenvalue weighted by molar-refractivity contribution is 7.88. The fourth-order valence-electron chi connectivity index (χ4n) is 2.89. The van der Waals surface area contributed by atoms with Crippen LogP contribution in [0.25, 0.3) is 0 Å². The number of benzene rings is 2. The van der Waals surface area contributed by atoms with E-state index in [9.17, 15) is 18.0 Å². The number of carbonyl (C=O) groups excluding carboxylic acids is 2. The zero-order valence-electron chi connectivity index (χ0n) is 17.4. The Bertz CT molecular complexity index is 984. The van der Waals surface area contributed by atoms with Crippen LogP contribution >= 0.6 is 11.6 Å². The van der Waals surface area contributed by atoms with Crippen molar-refractivity contribution in [3.63, 3.8) is 0 Å². The summed E-state index contributed by atoms with van der Waals surface area (Å²) in [7, 11) is -2.30. The van der Waals surface area contributed by atoms with Crippen molar-refractivity contribution in [3.8, 4) is 0 Å². The molecule has 0 spiro atoms. The minimum atomic E-state index is -3.60. The monoisotopic (exact) mass is 467 g/mol. The Balaban J connectivity index is 2.47. The van der Waals surface area contributed by atoms with Crippen LogP contribution < -0.4 is 5.32 Å². The van der Waals surface area contributed by atoms with E-state index in [1.807, 2.05) is 0 Å². The summed E-state index contributed by atoms with van der Waals surface area (Å²) in [5.74, 6) is -1.03. The van der Waals surface area contributed by atoms with Gasteiger partial charge in [-0.25, -0.2) is 8.42 Å². The summed E-state index contributed by atoms with van der Waals surface area (Å²) in [6.45, 7) is -0.605. The van der Waals surface area contributed by atoms with Gasteiger partial charge in [0.2, 0.25) is 21.8 Å². The Hall–Kier alpha value is -2.46. The molecule has 0 bridgehead atoms. The average Bonchev–Trinajstić information content (AvgIpc) is 2.73. The second kappa shape index (κ2) is 11.2. The van der Waals surface area contributed by atoms with Gasteiger partial charge in [-0.15, -0.1) is 0 Å². The van der Waals surface area contributed by atoms with E-state index in [1.54, 1.807) is 54.6 Å². The fourth-order valence-corrected chi connectivity index (χ4v) is 3.36. The molecule has 1 atom stereocenters. The molecule has 0 heterocycles. The molecule has 8 nitrogen and oxygen atoms in total. The van der Waals surface area contributed by atoms with E-state index in [0.717, 1.165) is 16.1 Å².